The van der Waals surface area contributed by atoms with Gasteiger partial charge in [0.1, 0.15) is 11.4 Å². The van der Waals surface area contributed by atoms with Crippen LogP contribution in [0, 0.1) is 0 Å². The molecule has 4 aromatic rings. The summed E-state index contributed by atoms with van der Waals surface area (Å²) >= 11 is 3.40. The first-order valence-corrected chi connectivity index (χ1v) is 10.1. The van der Waals surface area contributed by atoms with Gasteiger partial charge in [-0.1, -0.05) is 58.4 Å². The normalized spacial score (nSPS) is 10.6. The molecule has 0 aliphatic heterocycles. The van der Waals surface area contributed by atoms with Gasteiger partial charge in [0.2, 0.25) is 5.91 Å². The summed E-state index contributed by atoms with van der Waals surface area (Å²) in [6, 6.07) is 24.0. The number of nitrogens with one attached hydrogen (secondary N) is 1. The van der Waals surface area contributed by atoms with E-state index in [4.69, 9.17) is 4.98 Å². The SMILES string of the molecule is O=C(Cc1ccc(Br)cc1)Nc1ncc(-c2ccc(O)cc2)nc1-c1ccccc1. The van der Waals surface area contributed by atoms with Crippen LogP contribution in [0.5, 0.6) is 5.75 Å². The van der Waals surface area contributed by atoms with E-state index in [1.807, 2.05) is 54.6 Å². The van der Waals surface area contributed by atoms with Crippen molar-refractivity contribution in [2.45, 2.75) is 6.42 Å². The summed E-state index contributed by atoms with van der Waals surface area (Å²) in [6.45, 7) is 0. The minimum absolute atomic E-state index is 0.166. The molecule has 0 radical (unpaired) electrons. The van der Waals surface area contributed by atoms with Crippen LogP contribution in [0.1, 0.15) is 5.56 Å². The highest BCUT2D eigenvalue weighted by Crippen LogP contribution is 2.28. The lowest BCUT2D eigenvalue weighted by molar-refractivity contribution is -0.115. The quantitative estimate of drug-likeness (QED) is 0.415. The molecule has 1 amide bonds. The maximum atomic E-state index is 12.6. The van der Waals surface area contributed by atoms with Crippen LogP contribution >= 0.6 is 15.9 Å². The summed E-state index contributed by atoms with van der Waals surface area (Å²) in [5.41, 5.74) is 3.82. The van der Waals surface area contributed by atoms with E-state index < -0.39 is 0 Å². The van der Waals surface area contributed by atoms with Gasteiger partial charge in [-0.2, -0.15) is 0 Å². The minimum Gasteiger partial charge on any atom is -0.508 e. The van der Waals surface area contributed by atoms with E-state index >= 15 is 0 Å². The number of phenols is 1. The molecule has 0 saturated carbocycles. The lowest BCUT2D eigenvalue weighted by Crippen LogP contribution is -2.16. The van der Waals surface area contributed by atoms with Crippen molar-refractivity contribution in [1.29, 1.82) is 0 Å². The van der Waals surface area contributed by atoms with Crippen LogP contribution in [0.15, 0.2) is 89.5 Å². The van der Waals surface area contributed by atoms with E-state index in [2.05, 4.69) is 26.2 Å². The Kier molecular flexibility index (Phi) is 5.86. The number of hydrogen-bond donors (Lipinski definition) is 2. The van der Waals surface area contributed by atoms with Crippen molar-refractivity contribution in [1.82, 2.24) is 9.97 Å². The molecule has 1 heterocycles. The lowest BCUT2D eigenvalue weighted by atomic mass is 10.1. The highest BCUT2D eigenvalue weighted by Gasteiger charge is 2.14. The first-order valence-electron chi connectivity index (χ1n) is 9.34. The van der Waals surface area contributed by atoms with Gasteiger partial charge in [-0.3, -0.25) is 4.79 Å². The molecule has 3 aromatic carbocycles. The second-order valence-corrected chi connectivity index (χ2v) is 7.63. The number of halogens is 1. The first kappa shape index (κ1) is 19.8. The van der Waals surface area contributed by atoms with Gasteiger partial charge in [0.15, 0.2) is 5.82 Å². The fraction of sp³-hybridized carbons (Fsp3) is 0.0417. The summed E-state index contributed by atoms with van der Waals surface area (Å²) < 4.78 is 0.966. The molecule has 0 bridgehead atoms. The average Bonchev–Trinajstić information content (AvgIpc) is 2.77. The number of benzene rings is 3. The third kappa shape index (κ3) is 4.72. The third-order valence-electron chi connectivity index (χ3n) is 4.52. The molecule has 30 heavy (non-hydrogen) atoms. The number of carbonyl (C=O) groups excluding carboxylic acids is 1. The van der Waals surface area contributed by atoms with E-state index in [9.17, 15) is 9.90 Å². The van der Waals surface area contributed by atoms with Crippen LogP contribution in [0.3, 0.4) is 0 Å². The Bertz CT molecular complexity index is 1160. The summed E-state index contributed by atoms with van der Waals surface area (Å²) in [4.78, 5) is 21.9. The summed E-state index contributed by atoms with van der Waals surface area (Å²) in [5, 5.41) is 12.4. The Morgan fingerprint density at radius 1 is 0.900 bits per heavy atom. The number of carbonyl (C=O) groups is 1. The maximum Gasteiger partial charge on any atom is 0.230 e. The van der Waals surface area contributed by atoms with E-state index in [1.165, 1.54) is 0 Å². The second kappa shape index (κ2) is 8.88. The predicted molar refractivity (Wildman–Crippen MR) is 121 cm³/mol. The van der Waals surface area contributed by atoms with Crippen LogP contribution in [-0.4, -0.2) is 21.0 Å². The van der Waals surface area contributed by atoms with E-state index in [-0.39, 0.29) is 18.1 Å². The van der Waals surface area contributed by atoms with Crippen LogP contribution in [0.2, 0.25) is 0 Å². The van der Waals surface area contributed by atoms with Crippen molar-refractivity contribution < 1.29 is 9.90 Å². The molecule has 0 saturated heterocycles. The summed E-state index contributed by atoms with van der Waals surface area (Å²) in [5.74, 6) is 0.429. The standard InChI is InChI=1S/C24H18BrN3O2/c25-19-10-6-16(7-11-19)14-22(30)28-24-23(18-4-2-1-3-5-18)27-21(15-26-24)17-8-12-20(29)13-9-17/h1-13,15,29H,14H2,(H,26,28,30). The number of phenolic OH excluding ortho intramolecular Hbond substituents is 1. The molecule has 2 N–H and O–H groups in total. The molecule has 1 aromatic heterocycles. The highest BCUT2D eigenvalue weighted by atomic mass is 79.9. The van der Waals surface area contributed by atoms with Gasteiger partial charge < -0.3 is 10.4 Å². The molecule has 5 nitrogen and oxygen atoms in total. The molecule has 0 fully saturated rings. The number of amides is 1. The monoisotopic (exact) mass is 459 g/mol. The first-order chi connectivity index (χ1) is 14.6. The molecule has 4 rings (SSSR count). The van der Waals surface area contributed by atoms with Crippen LogP contribution in [0.25, 0.3) is 22.5 Å². The Balaban J connectivity index is 1.65. The zero-order chi connectivity index (χ0) is 20.9. The van der Waals surface area contributed by atoms with Crippen LogP contribution < -0.4 is 5.32 Å². The largest absolute Gasteiger partial charge is 0.508 e. The van der Waals surface area contributed by atoms with Crippen molar-refractivity contribution >= 4 is 27.7 Å². The predicted octanol–water partition coefficient (Wildman–Crippen LogP) is 5.46. The summed E-state index contributed by atoms with van der Waals surface area (Å²) in [7, 11) is 0. The van der Waals surface area contributed by atoms with Crippen molar-refractivity contribution in [2.24, 2.45) is 0 Å². The number of hydrogen-bond acceptors (Lipinski definition) is 4. The summed E-state index contributed by atoms with van der Waals surface area (Å²) in [6.07, 6.45) is 1.86. The maximum absolute atomic E-state index is 12.6. The van der Waals surface area contributed by atoms with Crippen LogP contribution in [-0.2, 0) is 11.2 Å². The number of aromatic nitrogens is 2. The molecule has 0 spiro atoms. The third-order valence-corrected chi connectivity index (χ3v) is 5.05. The number of aromatic hydroxyl groups is 1. The van der Waals surface area contributed by atoms with Gasteiger partial charge in [0.25, 0.3) is 0 Å². The van der Waals surface area contributed by atoms with Gasteiger partial charge in [-0.05, 0) is 42.0 Å². The Labute approximate surface area is 182 Å². The van der Waals surface area contributed by atoms with E-state index in [1.54, 1.807) is 30.5 Å². The number of anilines is 1. The van der Waals surface area contributed by atoms with E-state index in [0.29, 0.717) is 17.2 Å². The van der Waals surface area contributed by atoms with Crippen molar-refractivity contribution in [2.75, 3.05) is 5.32 Å². The molecule has 0 aliphatic rings. The smallest absolute Gasteiger partial charge is 0.230 e. The second-order valence-electron chi connectivity index (χ2n) is 6.72. The number of rotatable bonds is 5. The average molecular weight is 460 g/mol. The molecule has 0 aliphatic carbocycles. The zero-order valence-corrected chi connectivity index (χ0v) is 17.5. The highest BCUT2D eigenvalue weighted by molar-refractivity contribution is 9.10. The van der Waals surface area contributed by atoms with Crippen LogP contribution in [0.4, 0.5) is 5.82 Å². The van der Waals surface area contributed by atoms with Crippen molar-refractivity contribution in [3.63, 3.8) is 0 Å². The fourth-order valence-electron chi connectivity index (χ4n) is 3.01. The Morgan fingerprint density at radius 3 is 2.30 bits per heavy atom. The Morgan fingerprint density at radius 2 is 1.60 bits per heavy atom. The van der Waals surface area contributed by atoms with Gasteiger partial charge in [-0.15, -0.1) is 0 Å². The topological polar surface area (TPSA) is 75.1 Å². The molecule has 0 atom stereocenters. The molecular weight excluding hydrogens is 442 g/mol. The molecule has 0 unspecified atom stereocenters. The number of nitrogens with zero attached hydrogens (tertiary/aromatic N) is 2. The van der Waals surface area contributed by atoms with Gasteiger partial charge >= 0.3 is 0 Å². The van der Waals surface area contributed by atoms with Crippen molar-refractivity contribution in [3.8, 4) is 28.3 Å². The van der Waals surface area contributed by atoms with Crippen molar-refractivity contribution in [3.05, 3.63) is 95.1 Å². The minimum atomic E-state index is -0.166. The van der Waals surface area contributed by atoms with Gasteiger partial charge in [0, 0.05) is 15.6 Å². The zero-order valence-electron chi connectivity index (χ0n) is 15.9. The Hall–Kier alpha value is -3.51. The van der Waals surface area contributed by atoms with Gasteiger partial charge in [0.05, 0.1) is 18.3 Å². The molecule has 148 valence electrons. The van der Waals surface area contributed by atoms with Gasteiger partial charge in [-0.25, -0.2) is 9.97 Å². The fourth-order valence-corrected chi connectivity index (χ4v) is 3.28. The molecular formula is C24H18BrN3O2. The lowest BCUT2D eigenvalue weighted by Gasteiger charge is -2.12. The molecule has 6 heteroatoms. The van der Waals surface area contributed by atoms with E-state index in [0.717, 1.165) is 21.2 Å².